The quantitative estimate of drug-likeness (QED) is 0.671. The van der Waals surface area contributed by atoms with Gasteiger partial charge in [0.05, 0.1) is 11.7 Å². The average Bonchev–Trinajstić information content (AvgIpc) is 2.75. The third-order valence-corrected chi connectivity index (χ3v) is 5.11. The van der Waals surface area contributed by atoms with Crippen molar-refractivity contribution in [2.45, 2.75) is 32.2 Å². The summed E-state index contributed by atoms with van der Waals surface area (Å²) in [6.45, 7) is 4.28. The lowest BCUT2D eigenvalue weighted by molar-refractivity contribution is 0.573. The molecule has 0 radical (unpaired) electrons. The van der Waals surface area contributed by atoms with Gasteiger partial charge in [0.15, 0.2) is 0 Å². The minimum atomic E-state index is 0.145. The molecule has 1 fully saturated rings. The lowest BCUT2D eigenvalue weighted by atomic mass is 10.1. The van der Waals surface area contributed by atoms with E-state index in [0.717, 1.165) is 30.2 Å². The highest BCUT2D eigenvalue weighted by atomic mass is 15.2. The molecule has 0 aliphatic carbocycles. The normalized spacial score (nSPS) is 15.4. The van der Waals surface area contributed by atoms with E-state index < -0.39 is 0 Å². The van der Waals surface area contributed by atoms with Crippen molar-refractivity contribution in [1.82, 2.24) is 9.97 Å². The van der Waals surface area contributed by atoms with Crippen molar-refractivity contribution >= 4 is 11.8 Å². The zero-order valence-electron chi connectivity index (χ0n) is 15.8. The Morgan fingerprint density at radius 3 is 2.22 bits per heavy atom. The number of nitrogens with one attached hydrogen (secondary N) is 1. The Bertz CT molecular complexity index is 858. The monoisotopic (exact) mass is 358 g/mol. The molecule has 1 aromatic heterocycles. The number of hydrogen-bond acceptors (Lipinski definition) is 4. The van der Waals surface area contributed by atoms with Gasteiger partial charge < -0.3 is 10.2 Å². The molecule has 1 atom stereocenters. The molecule has 1 aliphatic heterocycles. The first-order valence-corrected chi connectivity index (χ1v) is 9.80. The van der Waals surface area contributed by atoms with Crippen LogP contribution in [-0.4, -0.2) is 23.1 Å². The van der Waals surface area contributed by atoms with Gasteiger partial charge in [-0.1, -0.05) is 60.7 Å². The summed E-state index contributed by atoms with van der Waals surface area (Å²) in [6.07, 6.45) is 3.77. The summed E-state index contributed by atoms with van der Waals surface area (Å²) < 4.78 is 0. The Hall–Kier alpha value is -2.88. The SMILES string of the molecule is CC(Nc1nc(-c2ccccc2)cc(N2CCCCC2)n1)c1ccccc1. The Labute approximate surface area is 161 Å². The average molecular weight is 358 g/mol. The van der Waals surface area contributed by atoms with Crippen LogP contribution in [0.4, 0.5) is 11.8 Å². The molecule has 4 heteroatoms. The minimum absolute atomic E-state index is 0.145. The highest BCUT2D eigenvalue weighted by Crippen LogP contribution is 2.27. The molecule has 0 bridgehead atoms. The third-order valence-electron chi connectivity index (χ3n) is 5.11. The zero-order chi connectivity index (χ0) is 18.5. The molecule has 1 N–H and O–H groups in total. The lowest BCUT2D eigenvalue weighted by Crippen LogP contribution is -2.30. The predicted molar refractivity (Wildman–Crippen MR) is 112 cm³/mol. The Morgan fingerprint density at radius 1 is 0.852 bits per heavy atom. The van der Waals surface area contributed by atoms with E-state index in [4.69, 9.17) is 9.97 Å². The van der Waals surface area contributed by atoms with Gasteiger partial charge in [-0.15, -0.1) is 0 Å². The summed E-state index contributed by atoms with van der Waals surface area (Å²) >= 11 is 0. The van der Waals surface area contributed by atoms with E-state index in [2.05, 4.69) is 71.7 Å². The van der Waals surface area contributed by atoms with Gasteiger partial charge in [-0.05, 0) is 31.7 Å². The fraction of sp³-hybridized carbons (Fsp3) is 0.304. The maximum atomic E-state index is 4.85. The number of aromatic nitrogens is 2. The zero-order valence-corrected chi connectivity index (χ0v) is 15.8. The van der Waals surface area contributed by atoms with Gasteiger partial charge in [0, 0.05) is 24.7 Å². The molecule has 0 saturated carbocycles. The van der Waals surface area contributed by atoms with E-state index in [1.165, 1.54) is 24.8 Å². The summed E-state index contributed by atoms with van der Waals surface area (Å²) in [5.74, 6) is 1.71. The number of nitrogens with zero attached hydrogens (tertiary/aromatic N) is 3. The van der Waals surface area contributed by atoms with Gasteiger partial charge in [-0.2, -0.15) is 4.98 Å². The largest absolute Gasteiger partial charge is 0.356 e. The molecule has 2 heterocycles. The van der Waals surface area contributed by atoms with Crippen LogP contribution in [0.5, 0.6) is 0 Å². The smallest absolute Gasteiger partial charge is 0.225 e. The molecule has 4 rings (SSSR count). The van der Waals surface area contributed by atoms with Crippen molar-refractivity contribution in [1.29, 1.82) is 0 Å². The van der Waals surface area contributed by atoms with E-state index in [1.54, 1.807) is 0 Å². The van der Waals surface area contributed by atoms with Crippen LogP contribution in [0.15, 0.2) is 66.7 Å². The van der Waals surface area contributed by atoms with Crippen LogP contribution in [0.3, 0.4) is 0 Å². The van der Waals surface area contributed by atoms with Gasteiger partial charge in [-0.25, -0.2) is 4.98 Å². The second-order valence-electron chi connectivity index (χ2n) is 7.13. The van der Waals surface area contributed by atoms with Gasteiger partial charge in [0.2, 0.25) is 5.95 Å². The summed E-state index contributed by atoms with van der Waals surface area (Å²) in [6, 6.07) is 23.0. The topological polar surface area (TPSA) is 41.1 Å². The van der Waals surface area contributed by atoms with E-state index in [-0.39, 0.29) is 6.04 Å². The van der Waals surface area contributed by atoms with Crippen LogP contribution in [0.1, 0.15) is 37.8 Å². The van der Waals surface area contributed by atoms with Crippen LogP contribution < -0.4 is 10.2 Å². The van der Waals surface area contributed by atoms with E-state index >= 15 is 0 Å². The van der Waals surface area contributed by atoms with E-state index in [0.29, 0.717) is 5.95 Å². The molecule has 138 valence electrons. The molecular weight excluding hydrogens is 332 g/mol. The van der Waals surface area contributed by atoms with E-state index in [9.17, 15) is 0 Å². The second-order valence-corrected chi connectivity index (χ2v) is 7.13. The number of rotatable bonds is 5. The van der Waals surface area contributed by atoms with Crippen molar-refractivity contribution in [2.24, 2.45) is 0 Å². The van der Waals surface area contributed by atoms with Crippen LogP contribution in [0.2, 0.25) is 0 Å². The molecule has 1 unspecified atom stereocenters. The van der Waals surface area contributed by atoms with Gasteiger partial charge in [0.25, 0.3) is 0 Å². The first-order valence-electron chi connectivity index (χ1n) is 9.80. The van der Waals surface area contributed by atoms with Crippen molar-refractivity contribution in [3.8, 4) is 11.3 Å². The van der Waals surface area contributed by atoms with Gasteiger partial charge >= 0.3 is 0 Å². The van der Waals surface area contributed by atoms with Gasteiger partial charge in [-0.3, -0.25) is 0 Å². The van der Waals surface area contributed by atoms with Crippen LogP contribution in [-0.2, 0) is 0 Å². The second kappa shape index (κ2) is 8.21. The Balaban J connectivity index is 1.67. The maximum absolute atomic E-state index is 4.85. The van der Waals surface area contributed by atoms with Crippen LogP contribution >= 0.6 is 0 Å². The van der Waals surface area contributed by atoms with E-state index in [1.807, 2.05) is 12.1 Å². The molecule has 3 aromatic rings. The minimum Gasteiger partial charge on any atom is -0.356 e. The first kappa shape index (κ1) is 17.5. The predicted octanol–water partition coefficient (Wildman–Crippen LogP) is 5.31. The molecule has 0 amide bonds. The standard InChI is InChI=1S/C23H26N4/c1-18(19-11-5-2-6-12-19)24-23-25-21(20-13-7-3-8-14-20)17-22(26-23)27-15-9-4-10-16-27/h2-3,5-8,11-14,17-18H,4,9-10,15-16H2,1H3,(H,24,25,26). The molecular formula is C23H26N4. The highest BCUT2D eigenvalue weighted by Gasteiger charge is 2.16. The first-order chi connectivity index (χ1) is 13.3. The third kappa shape index (κ3) is 4.27. The Kier molecular flexibility index (Phi) is 5.33. The van der Waals surface area contributed by atoms with Crippen LogP contribution in [0.25, 0.3) is 11.3 Å². The summed E-state index contributed by atoms with van der Waals surface area (Å²) in [7, 11) is 0. The van der Waals surface area contributed by atoms with Crippen molar-refractivity contribution < 1.29 is 0 Å². The molecule has 0 spiro atoms. The fourth-order valence-electron chi connectivity index (χ4n) is 3.56. The Morgan fingerprint density at radius 2 is 1.52 bits per heavy atom. The van der Waals surface area contributed by atoms with Crippen molar-refractivity contribution in [3.05, 3.63) is 72.3 Å². The highest BCUT2D eigenvalue weighted by molar-refractivity contribution is 5.65. The van der Waals surface area contributed by atoms with Crippen molar-refractivity contribution in [3.63, 3.8) is 0 Å². The maximum Gasteiger partial charge on any atom is 0.225 e. The molecule has 4 nitrogen and oxygen atoms in total. The van der Waals surface area contributed by atoms with Crippen molar-refractivity contribution in [2.75, 3.05) is 23.3 Å². The molecule has 1 saturated heterocycles. The fourth-order valence-corrected chi connectivity index (χ4v) is 3.56. The van der Waals surface area contributed by atoms with Crippen LogP contribution in [0, 0.1) is 0 Å². The lowest BCUT2D eigenvalue weighted by Gasteiger charge is -2.28. The summed E-state index contributed by atoms with van der Waals surface area (Å²) in [4.78, 5) is 12.1. The summed E-state index contributed by atoms with van der Waals surface area (Å²) in [5.41, 5.74) is 3.31. The number of hydrogen-bond donors (Lipinski definition) is 1. The molecule has 1 aliphatic rings. The molecule has 27 heavy (non-hydrogen) atoms. The summed E-state index contributed by atoms with van der Waals surface area (Å²) in [5, 5.41) is 3.50. The molecule has 2 aromatic carbocycles. The number of anilines is 2. The number of piperidine rings is 1. The number of benzene rings is 2. The van der Waals surface area contributed by atoms with Gasteiger partial charge in [0.1, 0.15) is 5.82 Å².